The number of pyridine rings is 1. The van der Waals surface area contributed by atoms with Crippen LogP contribution in [0.1, 0.15) is 24.6 Å². The highest BCUT2D eigenvalue weighted by Crippen LogP contribution is 2.30. The monoisotopic (exact) mass is 352 g/mol. The van der Waals surface area contributed by atoms with Gasteiger partial charge in [-0.3, -0.25) is 0 Å². The van der Waals surface area contributed by atoms with Crippen LogP contribution >= 0.6 is 15.9 Å². The molecule has 0 radical (unpaired) electrons. The molecule has 0 saturated carbocycles. The van der Waals surface area contributed by atoms with Crippen LogP contribution in [0.4, 0.5) is 4.39 Å². The van der Waals surface area contributed by atoms with E-state index < -0.39 is 0 Å². The number of halogens is 2. The van der Waals surface area contributed by atoms with E-state index in [9.17, 15) is 4.39 Å². The van der Waals surface area contributed by atoms with E-state index in [1.54, 1.807) is 6.07 Å². The maximum Gasteiger partial charge on any atom is 0.219 e. The third kappa shape index (κ3) is 4.51. The fraction of sp³-hybridized carbons (Fsp3) is 0.312. The lowest BCUT2D eigenvalue weighted by atomic mass is 10.1. The molecule has 0 fully saturated rings. The first-order chi connectivity index (χ1) is 10.1. The van der Waals surface area contributed by atoms with Crippen LogP contribution in [-0.2, 0) is 13.0 Å². The van der Waals surface area contributed by atoms with Gasteiger partial charge in [0.25, 0.3) is 0 Å². The average molecular weight is 353 g/mol. The first-order valence-corrected chi connectivity index (χ1v) is 7.69. The fourth-order valence-electron chi connectivity index (χ4n) is 2.03. The quantitative estimate of drug-likeness (QED) is 0.833. The summed E-state index contributed by atoms with van der Waals surface area (Å²) in [6.45, 7) is 2.84. The molecule has 0 bridgehead atoms. The van der Waals surface area contributed by atoms with Crippen LogP contribution in [0.15, 0.2) is 34.8 Å². The molecular formula is C16H18BrFN2O. The van der Waals surface area contributed by atoms with E-state index in [2.05, 4.69) is 39.2 Å². The van der Waals surface area contributed by atoms with E-state index in [0.717, 1.165) is 30.6 Å². The maximum absolute atomic E-state index is 13.3. The number of aromatic nitrogens is 1. The summed E-state index contributed by atoms with van der Waals surface area (Å²) in [7, 11) is 1.89. The smallest absolute Gasteiger partial charge is 0.219 e. The van der Waals surface area contributed by atoms with Crippen LogP contribution < -0.4 is 10.1 Å². The van der Waals surface area contributed by atoms with Crippen molar-refractivity contribution in [2.75, 3.05) is 7.05 Å². The van der Waals surface area contributed by atoms with Gasteiger partial charge in [0, 0.05) is 24.4 Å². The zero-order chi connectivity index (χ0) is 15.2. The SMILES string of the molecule is CCCc1cc(CNC)cc(Oc2cc(F)ccc2Br)n1. The lowest BCUT2D eigenvalue weighted by molar-refractivity contribution is 0.452. The molecule has 0 unspecified atom stereocenters. The molecule has 0 aliphatic heterocycles. The highest BCUT2D eigenvalue weighted by molar-refractivity contribution is 9.10. The standard InChI is InChI=1S/C16H18BrFN2O/c1-3-4-13-7-11(10-19-2)8-16(20-13)21-15-9-12(18)5-6-14(15)17/h5-9,19H,3-4,10H2,1-2H3. The number of nitrogens with one attached hydrogen (secondary N) is 1. The molecule has 0 aliphatic rings. The largest absolute Gasteiger partial charge is 0.438 e. The second kappa shape index (κ2) is 7.52. The third-order valence-electron chi connectivity index (χ3n) is 2.91. The maximum atomic E-state index is 13.3. The molecule has 1 heterocycles. The minimum atomic E-state index is -0.339. The molecule has 0 amide bonds. The van der Waals surface area contributed by atoms with Crippen molar-refractivity contribution in [1.82, 2.24) is 10.3 Å². The lowest BCUT2D eigenvalue weighted by Crippen LogP contribution is -2.06. The van der Waals surface area contributed by atoms with Crippen LogP contribution in [0.2, 0.25) is 0 Å². The summed E-state index contributed by atoms with van der Waals surface area (Å²) in [6.07, 6.45) is 1.90. The van der Waals surface area contributed by atoms with Crippen molar-refractivity contribution in [3.63, 3.8) is 0 Å². The minimum absolute atomic E-state index is 0.339. The van der Waals surface area contributed by atoms with Gasteiger partial charge in [-0.25, -0.2) is 9.37 Å². The number of aryl methyl sites for hydroxylation is 1. The van der Waals surface area contributed by atoms with Gasteiger partial charge in [-0.15, -0.1) is 0 Å². The van der Waals surface area contributed by atoms with E-state index >= 15 is 0 Å². The summed E-state index contributed by atoms with van der Waals surface area (Å²) >= 11 is 3.35. The Balaban J connectivity index is 2.31. The van der Waals surface area contributed by atoms with Gasteiger partial charge in [-0.2, -0.15) is 0 Å². The Morgan fingerprint density at radius 2 is 2.10 bits per heavy atom. The molecule has 0 aliphatic carbocycles. The first kappa shape index (κ1) is 15.9. The van der Waals surface area contributed by atoms with Crippen LogP contribution in [-0.4, -0.2) is 12.0 Å². The van der Waals surface area contributed by atoms with E-state index in [-0.39, 0.29) is 5.82 Å². The normalized spacial score (nSPS) is 10.7. The zero-order valence-electron chi connectivity index (χ0n) is 12.1. The molecule has 5 heteroatoms. The Bertz CT molecular complexity index is 595. The second-order valence-corrected chi connectivity index (χ2v) is 5.62. The summed E-state index contributed by atoms with van der Waals surface area (Å²) in [4.78, 5) is 4.48. The summed E-state index contributed by atoms with van der Waals surface area (Å²) in [5, 5.41) is 3.11. The van der Waals surface area contributed by atoms with E-state index in [1.807, 2.05) is 13.1 Å². The molecule has 0 atom stereocenters. The minimum Gasteiger partial charge on any atom is -0.438 e. The molecule has 0 saturated heterocycles. The number of rotatable bonds is 6. The highest BCUT2D eigenvalue weighted by atomic mass is 79.9. The van der Waals surface area contributed by atoms with Crippen molar-refractivity contribution < 1.29 is 9.13 Å². The highest BCUT2D eigenvalue weighted by Gasteiger charge is 2.08. The summed E-state index contributed by atoms with van der Waals surface area (Å²) in [6, 6.07) is 8.27. The fourth-order valence-corrected chi connectivity index (χ4v) is 2.36. The van der Waals surface area contributed by atoms with Crippen molar-refractivity contribution in [1.29, 1.82) is 0 Å². The Morgan fingerprint density at radius 3 is 2.81 bits per heavy atom. The van der Waals surface area contributed by atoms with Gasteiger partial charge >= 0.3 is 0 Å². The van der Waals surface area contributed by atoms with Crippen molar-refractivity contribution in [2.45, 2.75) is 26.3 Å². The van der Waals surface area contributed by atoms with Gasteiger partial charge in [0.1, 0.15) is 11.6 Å². The van der Waals surface area contributed by atoms with Crippen molar-refractivity contribution >= 4 is 15.9 Å². The van der Waals surface area contributed by atoms with Crippen LogP contribution in [0.3, 0.4) is 0 Å². The van der Waals surface area contributed by atoms with Crippen LogP contribution in [0.5, 0.6) is 11.6 Å². The van der Waals surface area contributed by atoms with Gasteiger partial charge in [-0.05, 0) is 53.2 Å². The van der Waals surface area contributed by atoms with Gasteiger partial charge in [0.05, 0.1) is 4.47 Å². The Morgan fingerprint density at radius 1 is 1.29 bits per heavy atom. The number of benzene rings is 1. The Kier molecular flexibility index (Phi) is 5.70. The second-order valence-electron chi connectivity index (χ2n) is 4.76. The molecule has 2 rings (SSSR count). The van der Waals surface area contributed by atoms with Crippen molar-refractivity contribution in [3.05, 3.63) is 51.9 Å². The van der Waals surface area contributed by atoms with E-state index in [4.69, 9.17) is 4.74 Å². The average Bonchev–Trinajstić information content (AvgIpc) is 2.43. The first-order valence-electron chi connectivity index (χ1n) is 6.89. The van der Waals surface area contributed by atoms with Crippen LogP contribution in [0, 0.1) is 5.82 Å². The lowest BCUT2D eigenvalue weighted by Gasteiger charge is -2.11. The molecule has 112 valence electrons. The van der Waals surface area contributed by atoms with Crippen molar-refractivity contribution in [2.24, 2.45) is 0 Å². The molecule has 1 aromatic carbocycles. The predicted molar refractivity (Wildman–Crippen MR) is 85.2 cm³/mol. The molecule has 0 spiro atoms. The number of hydrogen-bond donors (Lipinski definition) is 1. The van der Waals surface area contributed by atoms with Gasteiger partial charge in [-0.1, -0.05) is 13.3 Å². The van der Waals surface area contributed by atoms with Gasteiger partial charge in [0.15, 0.2) is 0 Å². The Hall–Kier alpha value is -1.46. The molecule has 21 heavy (non-hydrogen) atoms. The molecule has 1 N–H and O–H groups in total. The molecule has 2 aromatic rings. The third-order valence-corrected chi connectivity index (χ3v) is 3.56. The van der Waals surface area contributed by atoms with Crippen molar-refractivity contribution in [3.8, 4) is 11.6 Å². The predicted octanol–water partition coefficient (Wildman–Crippen LogP) is 4.45. The summed E-state index contributed by atoms with van der Waals surface area (Å²) in [5.74, 6) is 0.567. The Labute approximate surface area is 132 Å². The number of ether oxygens (including phenoxy) is 1. The number of hydrogen-bond acceptors (Lipinski definition) is 3. The zero-order valence-corrected chi connectivity index (χ0v) is 13.7. The summed E-state index contributed by atoms with van der Waals surface area (Å²) < 4.78 is 19.8. The molecular weight excluding hydrogens is 335 g/mol. The summed E-state index contributed by atoms with van der Waals surface area (Å²) in [5.41, 5.74) is 2.08. The van der Waals surface area contributed by atoms with Gasteiger partial charge in [0.2, 0.25) is 5.88 Å². The van der Waals surface area contributed by atoms with Gasteiger partial charge < -0.3 is 10.1 Å². The topological polar surface area (TPSA) is 34.1 Å². The van der Waals surface area contributed by atoms with E-state index in [0.29, 0.717) is 16.1 Å². The van der Waals surface area contributed by atoms with E-state index in [1.165, 1.54) is 12.1 Å². The van der Waals surface area contributed by atoms with Crippen LogP contribution in [0.25, 0.3) is 0 Å². The molecule has 3 nitrogen and oxygen atoms in total. The molecule has 1 aromatic heterocycles. The number of nitrogens with zero attached hydrogens (tertiary/aromatic N) is 1.